The van der Waals surface area contributed by atoms with Crippen molar-refractivity contribution in [3.63, 3.8) is 0 Å². The number of hydrogen-bond acceptors (Lipinski definition) is 4. The van der Waals surface area contributed by atoms with Crippen LogP contribution in [-0.4, -0.2) is 186 Å². The van der Waals surface area contributed by atoms with Crippen LogP contribution < -0.4 is 0 Å². The Morgan fingerprint density at radius 2 is 1.10 bits per heavy atom. The van der Waals surface area contributed by atoms with Gasteiger partial charge in [-0.1, -0.05) is 84.0 Å². The van der Waals surface area contributed by atoms with Crippen LogP contribution in [0.1, 0.15) is 103 Å². The first kappa shape index (κ1) is 44.8. The predicted molar refractivity (Wildman–Crippen MR) is 198 cm³/mol. The molecule has 0 aliphatic carbocycles. The van der Waals surface area contributed by atoms with Crippen molar-refractivity contribution in [1.29, 1.82) is 0 Å². The van der Waals surface area contributed by atoms with Gasteiger partial charge in [0.05, 0.1) is 6.61 Å². The summed E-state index contributed by atoms with van der Waals surface area (Å²) < 4.78 is 5.66. The van der Waals surface area contributed by atoms with Crippen molar-refractivity contribution in [2.24, 2.45) is 0 Å². The molecular weight excluding hydrogens is 780 g/mol. The molecule has 0 aliphatic rings. The van der Waals surface area contributed by atoms with Crippen molar-refractivity contribution in [2.75, 3.05) is 19.7 Å². The number of amides is 1. The van der Waals surface area contributed by atoms with E-state index in [1.165, 1.54) is 148 Å². The van der Waals surface area contributed by atoms with Gasteiger partial charge in [-0.2, -0.15) is 0 Å². The Balaban J connectivity index is 3.61. The molecule has 5 nitrogen and oxygen atoms in total. The van der Waals surface area contributed by atoms with Gasteiger partial charge in [0.1, 0.15) is 6.29 Å². The number of nitrogens with zero attached hydrogens (tertiary/aromatic N) is 1. The van der Waals surface area contributed by atoms with Gasteiger partial charge < -0.3 is 19.5 Å². The molecule has 0 aliphatic heterocycles. The lowest BCUT2D eigenvalue weighted by Crippen LogP contribution is -2.37. The van der Waals surface area contributed by atoms with Crippen molar-refractivity contribution < 1.29 is 19.4 Å². The number of aliphatic hydroxyl groups is 2. The molecular formula is C21H42NO4Si16. The highest BCUT2D eigenvalue weighted by Crippen LogP contribution is 2.13. The van der Waals surface area contributed by atoms with Crippen LogP contribution in [0.25, 0.3) is 0 Å². The van der Waals surface area contributed by atoms with Gasteiger partial charge in [0.15, 0.2) is 0 Å². The SMILES string of the molecule is CCCCCCCCCCCCCCCC(=O)N(CCO)CCC(O)O[Si][Si][Si][Si][Si][Si][Si][Si][Si][Si][Si][Si][Si][Si][Si][Si]. The second kappa shape index (κ2) is 38.3. The summed E-state index contributed by atoms with van der Waals surface area (Å²) in [5.74, 6) is 0.0995. The molecule has 0 heterocycles. The van der Waals surface area contributed by atoms with E-state index in [0.717, 1.165) is 55.6 Å². The monoisotopic (exact) mass is 820 g/mol. The zero-order valence-electron chi connectivity index (χ0n) is 25.0. The van der Waals surface area contributed by atoms with E-state index in [4.69, 9.17) is 4.43 Å². The van der Waals surface area contributed by atoms with Gasteiger partial charge >= 0.3 is 0 Å². The van der Waals surface area contributed by atoms with Crippen LogP contribution in [0.2, 0.25) is 0 Å². The van der Waals surface area contributed by atoms with Gasteiger partial charge in [0.25, 0.3) is 0 Å². The summed E-state index contributed by atoms with van der Waals surface area (Å²) in [4.78, 5) is 14.4. The summed E-state index contributed by atoms with van der Waals surface area (Å²) in [6.45, 7) is 3.04. The van der Waals surface area contributed by atoms with Gasteiger partial charge in [-0.25, -0.2) is 0 Å². The molecule has 0 saturated heterocycles. The lowest BCUT2D eigenvalue weighted by Gasteiger charge is -2.23. The van der Waals surface area contributed by atoms with E-state index in [9.17, 15) is 15.0 Å². The van der Waals surface area contributed by atoms with E-state index in [1.54, 1.807) is 4.90 Å². The fourth-order valence-electron chi connectivity index (χ4n) is 3.76. The van der Waals surface area contributed by atoms with Crippen LogP contribution in [0, 0.1) is 0 Å². The first-order valence-corrected chi connectivity index (χ1v) is 45.2. The van der Waals surface area contributed by atoms with Crippen LogP contribution in [-0.2, 0) is 9.22 Å². The minimum atomic E-state index is -0.801. The Morgan fingerprint density at radius 3 is 1.55 bits per heavy atom. The maximum Gasteiger partial charge on any atom is 0.222 e. The lowest BCUT2D eigenvalue weighted by molar-refractivity contribution is -0.132. The normalized spacial score (nSPS) is 12.2. The van der Waals surface area contributed by atoms with Crippen LogP contribution in [0.4, 0.5) is 0 Å². The average Bonchev–Trinajstić information content (AvgIpc) is 2.99. The van der Waals surface area contributed by atoms with Gasteiger partial charge in [-0.3, -0.25) is 4.79 Å². The molecule has 21 heteroatoms. The summed E-state index contributed by atoms with van der Waals surface area (Å²) in [5, 5.41) is 19.7. The van der Waals surface area contributed by atoms with Gasteiger partial charge in [-0.05, 0) is 6.42 Å². The van der Waals surface area contributed by atoms with Gasteiger partial charge in [0.2, 0.25) is 15.2 Å². The molecule has 0 rings (SSSR count). The zero-order valence-corrected chi connectivity index (χ0v) is 41.0. The third-order valence-corrected chi connectivity index (χ3v) is 73.0. The number of rotatable bonds is 35. The predicted octanol–water partition coefficient (Wildman–Crippen LogP) is -1.61. The van der Waals surface area contributed by atoms with Crippen molar-refractivity contribution >= 4 is 145 Å². The Morgan fingerprint density at radius 1 is 0.667 bits per heavy atom. The summed E-state index contributed by atoms with van der Waals surface area (Å²) in [6.07, 6.45) is 17.0. The lowest BCUT2D eigenvalue weighted by atomic mass is 10.0. The number of hydrogen-bond donors (Lipinski definition) is 2. The van der Waals surface area contributed by atoms with E-state index in [0.29, 0.717) is 35.2 Å². The van der Waals surface area contributed by atoms with Crippen LogP contribution >= 0.6 is 0 Å². The third-order valence-electron chi connectivity index (χ3n) is 5.92. The Labute approximate surface area is 295 Å². The molecule has 0 bridgehead atoms. The molecule has 0 fully saturated rings. The Hall–Kier alpha value is 2.82. The highest BCUT2D eigenvalue weighted by Gasteiger charge is 2.15. The van der Waals surface area contributed by atoms with Crippen LogP contribution in [0.3, 0.4) is 0 Å². The first-order chi connectivity index (χ1) is 20.7. The highest BCUT2D eigenvalue weighted by molar-refractivity contribution is 7.73. The van der Waals surface area contributed by atoms with Crippen molar-refractivity contribution in [3.8, 4) is 0 Å². The van der Waals surface area contributed by atoms with E-state index in [1.807, 2.05) is 0 Å². The quantitative estimate of drug-likeness (QED) is 0.0460. The topological polar surface area (TPSA) is 70.0 Å². The fourth-order valence-corrected chi connectivity index (χ4v) is 98.0. The minimum Gasteiger partial charge on any atom is -0.398 e. The fraction of sp³-hybridized carbons (Fsp3) is 0.952. The van der Waals surface area contributed by atoms with Gasteiger partial charge in [0, 0.05) is 155 Å². The first-order valence-electron chi connectivity index (χ1n) is 14.8. The Bertz CT molecular complexity index is 566. The maximum atomic E-state index is 12.7. The second-order valence-electron chi connectivity index (χ2n) is 9.31. The van der Waals surface area contributed by atoms with Gasteiger partial charge in [-0.15, -0.1) is 0 Å². The highest BCUT2D eigenvalue weighted by atomic mass is 30.1. The van der Waals surface area contributed by atoms with Crippen LogP contribution in [0.15, 0.2) is 0 Å². The van der Waals surface area contributed by atoms with E-state index < -0.39 is 6.29 Å². The zero-order chi connectivity index (χ0) is 30.8. The summed E-state index contributed by atoms with van der Waals surface area (Å²) in [6, 6.07) is 0. The number of aliphatic hydroxyl groups excluding tert-OH is 2. The smallest absolute Gasteiger partial charge is 0.222 e. The Kier molecular flexibility index (Phi) is 40.8. The number of unbranched alkanes of at least 4 members (excludes halogenated alkanes) is 12. The summed E-state index contributed by atoms with van der Waals surface area (Å²) in [7, 11) is 20.3. The molecule has 1 atom stereocenters. The molecule has 1 unspecified atom stereocenters. The van der Waals surface area contributed by atoms with E-state index >= 15 is 0 Å². The molecule has 0 aromatic carbocycles. The third kappa shape index (κ3) is 34.2. The number of carbonyl (C=O) groups is 1. The molecule has 0 aromatic heterocycles. The second-order valence-corrected chi connectivity index (χ2v) is 55.9. The van der Waals surface area contributed by atoms with Crippen molar-refractivity contribution in [2.45, 2.75) is 110 Å². The van der Waals surface area contributed by atoms with Crippen molar-refractivity contribution in [3.05, 3.63) is 0 Å². The maximum absolute atomic E-state index is 12.7. The summed E-state index contributed by atoms with van der Waals surface area (Å²) in [5.41, 5.74) is 0. The molecule has 219 valence electrons. The van der Waals surface area contributed by atoms with Crippen LogP contribution in [0.5, 0.6) is 0 Å². The van der Waals surface area contributed by atoms with E-state index in [-0.39, 0.29) is 12.5 Å². The molecule has 1 amide bonds. The molecule has 42 heavy (non-hydrogen) atoms. The molecule has 2 N–H and O–H groups in total. The molecule has 0 spiro atoms. The van der Waals surface area contributed by atoms with E-state index in [2.05, 4.69) is 16.7 Å². The summed E-state index contributed by atoms with van der Waals surface area (Å²) >= 11 is 0. The molecule has 0 saturated carbocycles. The number of carbonyl (C=O) groups excluding carboxylic acids is 1. The standard InChI is InChI=1S/C21H42NO4Si16/c1-2-3-4-5-6-7-8-9-10-11-12-13-14-15-20(24)22(18-19-23)17-16-21(25)26-28-30-32-34-36-38-40-42-41-39-37-35-33-31-29-27/h21,23,25H,2-19H2,1H3. The molecule has 33 radical (unpaired) electrons. The minimum absolute atomic E-state index is 0.0329. The van der Waals surface area contributed by atoms with Crippen molar-refractivity contribution in [1.82, 2.24) is 4.90 Å². The molecule has 0 aromatic rings. The largest absolute Gasteiger partial charge is 0.398 e. The average molecular weight is 822 g/mol.